The van der Waals surface area contributed by atoms with Gasteiger partial charge in [0.05, 0.1) is 13.0 Å². The summed E-state index contributed by atoms with van der Waals surface area (Å²) in [6, 6.07) is 0. The molecule has 1 atom stereocenters. The summed E-state index contributed by atoms with van der Waals surface area (Å²) < 4.78 is 5.47. The number of carbonyl (C=O) groups excluding carboxylic acids is 1. The van der Waals surface area contributed by atoms with Crippen LogP contribution < -0.4 is 0 Å². The number of esters is 1. The first-order valence-electron chi connectivity index (χ1n) is 8.99. The highest BCUT2D eigenvalue weighted by Crippen LogP contribution is 2.34. The average Bonchev–Trinajstić information content (AvgIpc) is 2.38. The van der Waals surface area contributed by atoms with Crippen molar-refractivity contribution < 1.29 is 9.53 Å². The molecule has 0 aliphatic heterocycles. The molecule has 0 aromatic rings. The minimum atomic E-state index is -0.0158. The SMILES string of the molecule is CCCC(C)(C)CC(=O)OCCC(C)C1CCC(C)CC1. The summed E-state index contributed by atoms with van der Waals surface area (Å²) in [5, 5.41) is 0. The summed E-state index contributed by atoms with van der Waals surface area (Å²) in [4.78, 5) is 11.9. The molecule has 124 valence electrons. The lowest BCUT2D eigenvalue weighted by atomic mass is 9.76. The first-order valence-corrected chi connectivity index (χ1v) is 8.99. The van der Waals surface area contributed by atoms with Crippen LogP contribution in [0.1, 0.15) is 86.0 Å². The Hall–Kier alpha value is -0.530. The van der Waals surface area contributed by atoms with Gasteiger partial charge in [0.15, 0.2) is 0 Å². The van der Waals surface area contributed by atoms with Crippen LogP contribution in [-0.4, -0.2) is 12.6 Å². The number of carbonyl (C=O) groups is 1. The maximum absolute atomic E-state index is 11.9. The second kappa shape index (κ2) is 8.80. The van der Waals surface area contributed by atoms with Gasteiger partial charge in [-0.1, -0.05) is 53.9 Å². The van der Waals surface area contributed by atoms with Crippen LogP contribution in [0.5, 0.6) is 0 Å². The van der Waals surface area contributed by atoms with Crippen molar-refractivity contribution in [1.82, 2.24) is 0 Å². The van der Waals surface area contributed by atoms with Gasteiger partial charge in [-0.2, -0.15) is 0 Å². The van der Waals surface area contributed by atoms with Crippen molar-refractivity contribution in [2.45, 2.75) is 86.0 Å². The van der Waals surface area contributed by atoms with Gasteiger partial charge < -0.3 is 4.74 Å². The highest BCUT2D eigenvalue weighted by Gasteiger charge is 2.24. The first kappa shape index (κ1) is 18.5. The van der Waals surface area contributed by atoms with Crippen LogP contribution in [0.4, 0.5) is 0 Å². The van der Waals surface area contributed by atoms with E-state index in [1.54, 1.807) is 0 Å². The van der Waals surface area contributed by atoms with Crippen molar-refractivity contribution in [2.75, 3.05) is 6.61 Å². The Morgan fingerprint density at radius 3 is 2.43 bits per heavy atom. The monoisotopic (exact) mass is 296 g/mol. The molecule has 0 saturated heterocycles. The minimum absolute atomic E-state index is 0.0158. The van der Waals surface area contributed by atoms with Gasteiger partial charge in [-0.3, -0.25) is 4.79 Å². The molecule has 1 fully saturated rings. The van der Waals surface area contributed by atoms with Gasteiger partial charge >= 0.3 is 5.97 Å². The van der Waals surface area contributed by atoms with Crippen LogP contribution in [-0.2, 0) is 9.53 Å². The normalized spacial score (nSPS) is 24.6. The topological polar surface area (TPSA) is 26.3 Å². The Kier molecular flexibility index (Phi) is 7.76. The maximum atomic E-state index is 11.9. The third kappa shape index (κ3) is 7.33. The van der Waals surface area contributed by atoms with E-state index in [9.17, 15) is 4.79 Å². The Morgan fingerprint density at radius 1 is 1.24 bits per heavy atom. The fraction of sp³-hybridized carbons (Fsp3) is 0.947. The van der Waals surface area contributed by atoms with E-state index in [0.29, 0.717) is 18.9 Å². The quantitative estimate of drug-likeness (QED) is 0.545. The Bertz CT molecular complexity index is 301. The van der Waals surface area contributed by atoms with Crippen molar-refractivity contribution in [3.63, 3.8) is 0 Å². The number of rotatable bonds is 8. The molecule has 0 amide bonds. The van der Waals surface area contributed by atoms with Gasteiger partial charge in [-0.05, 0) is 48.9 Å². The number of hydrogen-bond acceptors (Lipinski definition) is 2. The van der Waals surface area contributed by atoms with Crippen molar-refractivity contribution in [3.8, 4) is 0 Å². The summed E-state index contributed by atoms with van der Waals surface area (Å²) in [5.74, 6) is 2.43. The predicted octanol–water partition coefficient (Wildman–Crippen LogP) is 5.60. The molecule has 1 unspecified atom stereocenters. The molecule has 2 heteroatoms. The molecule has 0 spiro atoms. The Morgan fingerprint density at radius 2 is 1.86 bits per heavy atom. The molecule has 0 N–H and O–H groups in total. The highest BCUT2D eigenvalue weighted by atomic mass is 16.5. The molecular formula is C19H36O2. The van der Waals surface area contributed by atoms with E-state index in [2.05, 4.69) is 34.6 Å². The molecule has 1 rings (SSSR count). The van der Waals surface area contributed by atoms with E-state index >= 15 is 0 Å². The van der Waals surface area contributed by atoms with Crippen LogP contribution in [0, 0.1) is 23.2 Å². The Labute approximate surface area is 132 Å². The van der Waals surface area contributed by atoms with Gasteiger partial charge in [0.25, 0.3) is 0 Å². The number of hydrogen-bond donors (Lipinski definition) is 0. The molecule has 2 nitrogen and oxygen atoms in total. The largest absolute Gasteiger partial charge is 0.466 e. The third-order valence-electron chi connectivity index (χ3n) is 5.25. The summed E-state index contributed by atoms with van der Waals surface area (Å²) in [7, 11) is 0. The second-order valence-corrected chi connectivity index (χ2v) is 8.10. The lowest BCUT2D eigenvalue weighted by Crippen LogP contribution is -2.22. The predicted molar refractivity (Wildman–Crippen MR) is 89.2 cm³/mol. The van der Waals surface area contributed by atoms with Crippen molar-refractivity contribution in [3.05, 3.63) is 0 Å². The van der Waals surface area contributed by atoms with E-state index in [1.165, 1.54) is 25.7 Å². The van der Waals surface area contributed by atoms with E-state index in [1.807, 2.05) is 0 Å². The molecule has 1 aliphatic rings. The van der Waals surface area contributed by atoms with Gasteiger partial charge in [-0.25, -0.2) is 0 Å². The zero-order chi connectivity index (χ0) is 15.9. The fourth-order valence-electron chi connectivity index (χ4n) is 3.66. The molecule has 0 radical (unpaired) electrons. The summed E-state index contributed by atoms with van der Waals surface area (Å²) in [6.07, 6.45) is 9.25. The molecule has 1 aliphatic carbocycles. The standard InChI is InChI=1S/C19H36O2/c1-6-12-19(4,5)14-18(20)21-13-11-16(3)17-9-7-15(2)8-10-17/h15-17H,6-14H2,1-5H3. The van der Waals surface area contributed by atoms with Gasteiger partial charge in [0.1, 0.15) is 0 Å². The van der Waals surface area contributed by atoms with Crippen LogP contribution in [0.2, 0.25) is 0 Å². The van der Waals surface area contributed by atoms with Crippen LogP contribution in [0.3, 0.4) is 0 Å². The van der Waals surface area contributed by atoms with Gasteiger partial charge in [-0.15, -0.1) is 0 Å². The molecule has 0 bridgehead atoms. The highest BCUT2D eigenvalue weighted by molar-refractivity contribution is 5.70. The first-order chi connectivity index (χ1) is 9.84. The van der Waals surface area contributed by atoms with Crippen LogP contribution >= 0.6 is 0 Å². The minimum Gasteiger partial charge on any atom is -0.466 e. The lowest BCUT2D eigenvalue weighted by Gasteiger charge is -2.30. The molecule has 0 aromatic heterocycles. The smallest absolute Gasteiger partial charge is 0.306 e. The number of ether oxygens (including phenoxy) is 1. The fourth-order valence-corrected chi connectivity index (χ4v) is 3.66. The van der Waals surface area contributed by atoms with Crippen molar-refractivity contribution >= 4 is 5.97 Å². The van der Waals surface area contributed by atoms with E-state index in [-0.39, 0.29) is 11.4 Å². The van der Waals surface area contributed by atoms with Crippen LogP contribution in [0.25, 0.3) is 0 Å². The molecule has 1 saturated carbocycles. The van der Waals surface area contributed by atoms with Gasteiger partial charge in [0.2, 0.25) is 0 Å². The average molecular weight is 296 g/mol. The van der Waals surface area contributed by atoms with Crippen LogP contribution in [0.15, 0.2) is 0 Å². The summed E-state index contributed by atoms with van der Waals surface area (Å²) >= 11 is 0. The summed E-state index contributed by atoms with van der Waals surface area (Å²) in [6.45, 7) is 11.8. The van der Waals surface area contributed by atoms with Gasteiger partial charge in [0, 0.05) is 0 Å². The maximum Gasteiger partial charge on any atom is 0.306 e. The zero-order valence-electron chi connectivity index (χ0n) is 14.9. The van der Waals surface area contributed by atoms with Crippen molar-refractivity contribution in [1.29, 1.82) is 0 Å². The molecular weight excluding hydrogens is 260 g/mol. The zero-order valence-corrected chi connectivity index (χ0v) is 14.9. The van der Waals surface area contributed by atoms with E-state index < -0.39 is 0 Å². The lowest BCUT2D eigenvalue weighted by molar-refractivity contribution is -0.146. The molecule has 0 heterocycles. The van der Waals surface area contributed by atoms with E-state index in [0.717, 1.165) is 31.1 Å². The third-order valence-corrected chi connectivity index (χ3v) is 5.25. The Balaban J connectivity index is 2.19. The van der Waals surface area contributed by atoms with E-state index in [4.69, 9.17) is 4.74 Å². The molecule has 21 heavy (non-hydrogen) atoms. The summed E-state index contributed by atoms with van der Waals surface area (Å²) in [5.41, 5.74) is 0.0803. The molecule has 0 aromatic carbocycles. The van der Waals surface area contributed by atoms with Crippen molar-refractivity contribution in [2.24, 2.45) is 23.2 Å². The second-order valence-electron chi connectivity index (χ2n) is 8.10.